The molecule has 0 aromatic rings. The summed E-state index contributed by atoms with van der Waals surface area (Å²) in [4.78, 5) is 27.9. The first-order chi connectivity index (χ1) is 7.27. The molecule has 0 radical (unpaired) electrons. The molecule has 0 aliphatic heterocycles. The van der Waals surface area contributed by atoms with Crippen LogP contribution in [0, 0.1) is 0 Å². The van der Waals surface area contributed by atoms with Gasteiger partial charge in [-0.25, -0.2) is 4.79 Å². The third kappa shape index (κ3) is 18.7. The second-order valence-electron chi connectivity index (χ2n) is 2.63. The van der Waals surface area contributed by atoms with Gasteiger partial charge in [0.1, 0.15) is 0 Å². The molecule has 94 valence electrons. The Kier molecular flexibility index (Phi) is 11.4. The molecule has 0 heterocycles. The van der Waals surface area contributed by atoms with Crippen LogP contribution in [0.5, 0.6) is 0 Å². The molecule has 0 saturated heterocycles. The van der Waals surface area contributed by atoms with E-state index in [-0.39, 0.29) is 12.8 Å². The van der Waals surface area contributed by atoms with Crippen LogP contribution >= 0.6 is 23.2 Å². The molecular weight excluding hydrogens is 263 g/mol. The summed E-state index contributed by atoms with van der Waals surface area (Å²) in [5, 5.41) is 24.0. The van der Waals surface area contributed by atoms with Gasteiger partial charge in [-0.05, 0) is 12.8 Å². The van der Waals surface area contributed by atoms with Gasteiger partial charge in [-0.2, -0.15) is 0 Å². The lowest BCUT2D eigenvalue weighted by Crippen LogP contribution is -2.03. The summed E-state index contributed by atoms with van der Waals surface area (Å²) in [6.45, 7) is 0. The average Bonchev–Trinajstić information content (AvgIpc) is 2.12. The van der Waals surface area contributed by atoms with Crippen LogP contribution in [-0.4, -0.2) is 38.1 Å². The number of hydrogen-bond donors (Lipinski definition) is 3. The lowest BCUT2D eigenvalue weighted by atomic mass is 10.2. The zero-order chi connectivity index (χ0) is 13.1. The molecule has 8 heteroatoms. The summed E-state index contributed by atoms with van der Waals surface area (Å²) in [5.74, 6) is -2.95. The van der Waals surface area contributed by atoms with Crippen molar-refractivity contribution in [1.29, 1.82) is 0 Å². The van der Waals surface area contributed by atoms with E-state index < -0.39 is 22.7 Å². The van der Waals surface area contributed by atoms with Crippen LogP contribution in [0.4, 0.5) is 0 Å². The molecule has 0 fully saturated rings. The Balaban J connectivity index is 0. The maximum Gasteiger partial charge on any atom is 0.337 e. The summed E-state index contributed by atoms with van der Waals surface area (Å²) in [7, 11) is 0. The summed E-state index contributed by atoms with van der Waals surface area (Å²) >= 11 is 9.56. The Labute approximate surface area is 102 Å². The van der Waals surface area contributed by atoms with Crippen molar-refractivity contribution in [2.45, 2.75) is 30.5 Å². The van der Waals surface area contributed by atoms with Crippen LogP contribution in [-0.2, 0) is 14.4 Å². The highest BCUT2D eigenvalue weighted by Gasteiger charge is 2.05. The number of unbranched alkanes of at least 4 members (excludes halogenated alkanes) is 1. The van der Waals surface area contributed by atoms with Crippen LogP contribution in [0.15, 0.2) is 0 Å². The minimum Gasteiger partial charge on any atom is -0.481 e. The fourth-order valence-electron chi connectivity index (χ4n) is 0.552. The van der Waals surface area contributed by atoms with Gasteiger partial charge in [0.05, 0.1) is 0 Å². The number of carbonyl (C=O) groups is 3. The van der Waals surface area contributed by atoms with Crippen molar-refractivity contribution >= 4 is 41.1 Å². The molecule has 0 saturated carbocycles. The van der Waals surface area contributed by atoms with E-state index in [9.17, 15) is 14.4 Å². The fourth-order valence-corrected chi connectivity index (χ4v) is 0.552. The second-order valence-corrected chi connectivity index (χ2v) is 3.73. The van der Waals surface area contributed by atoms with Gasteiger partial charge < -0.3 is 15.3 Å². The van der Waals surface area contributed by atoms with Gasteiger partial charge >= 0.3 is 17.9 Å². The van der Waals surface area contributed by atoms with E-state index in [0.29, 0.717) is 12.8 Å². The molecule has 3 N–H and O–H groups in total. The Hall–Kier alpha value is -1.01. The first kappa shape index (κ1) is 17.4. The molecule has 0 bridgehead atoms. The van der Waals surface area contributed by atoms with Gasteiger partial charge in [0, 0.05) is 12.8 Å². The lowest BCUT2D eigenvalue weighted by molar-refractivity contribution is -0.139. The first-order valence-electron chi connectivity index (χ1n) is 4.22. The van der Waals surface area contributed by atoms with E-state index in [2.05, 4.69) is 0 Å². The van der Waals surface area contributed by atoms with Gasteiger partial charge in [-0.1, -0.05) is 23.2 Å². The van der Waals surface area contributed by atoms with Crippen molar-refractivity contribution in [1.82, 2.24) is 0 Å². The highest BCUT2D eigenvalue weighted by molar-refractivity contribution is 6.52. The third-order valence-corrected chi connectivity index (χ3v) is 1.59. The lowest BCUT2D eigenvalue weighted by Gasteiger charge is -1.92. The maximum absolute atomic E-state index is 9.90. The molecule has 0 aliphatic carbocycles. The standard InChI is InChI=1S/C6H10O4.C2H2Cl2O2/c7-5(8)3-1-2-4-6(9)10;3-1(4)2(5)6/h1-4H2,(H,7,8)(H,9,10);1H,(H,5,6). The Morgan fingerprint density at radius 2 is 1.12 bits per heavy atom. The number of halogens is 2. The number of hydrogen-bond acceptors (Lipinski definition) is 3. The third-order valence-electron chi connectivity index (χ3n) is 1.22. The van der Waals surface area contributed by atoms with Gasteiger partial charge in [-0.15, -0.1) is 0 Å². The monoisotopic (exact) mass is 274 g/mol. The van der Waals surface area contributed by atoms with Crippen LogP contribution in [0.3, 0.4) is 0 Å². The summed E-state index contributed by atoms with van der Waals surface area (Å²) in [5.41, 5.74) is 0. The quantitative estimate of drug-likeness (QED) is 0.501. The van der Waals surface area contributed by atoms with Gasteiger partial charge in [0.25, 0.3) is 0 Å². The van der Waals surface area contributed by atoms with E-state index in [0.717, 1.165) is 0 Å². The number of carboxylic acids is 3. The van der Waals surface area contributed by atoms with Gasteiger partial charge in [0.15, 0.2) is 0 Å². The van der Waals surface area contributed by atoms with Gasteiger partial charge in [0.2, 0.25) is 4.84 Å². The second kappa shape index (κ2) is 10.5. The average molecular weight is 275 g/mol. The first-order valence-corrected chi connectivity index (χ1v) is 5.09. The molecule has 0 unspecified atom stereocenters. The van der Waals surface area contributed by atoms with Crippen LogP contribution in [0.1, 0.15) is 25.7 Å². The molecule has 0 aromatic carbocycles. The van der Waals surface area contributed by atoms with Crippen LogP contribution in [0.25, 0.3) is 0 Å². The zero-order valence-corrected chi connectivity index (χ0v) is 9.74. The van der Waals surface area contributed by atoms with Gasteiger partial charge in [-0.3, -0.25) is 9.59 Å². The fraction of sp³-hybridized carbons (Fsp3) is 0.625. The number of rotatable bonds is 6. The van der Waals surface area contributed by atoms with Crippen molar-refractivity contribution in [3.63, 3.8) is 0 Å². The molecule has 0 spiro atoms. The number of alkyl halides is 2. The highest BCUT2D eigenvalue weighted by Crippen LogP contribution is 1.99. The molecular formula is C8H12Cl2O6. The predicted octanol–water partition coefficient (Wildman–Crippen LogP) is 1.59. The Bertz CT molecular complexity index is 225. The molecule has 0 aromatic heterocycles. The topological polar surface area (TPSA) is 112 Å². The van der Waals surface area contributed by atoms with E-state index in [1.807, 2.05) is 0 Å². The van der Waals surface area contributed by atoms with Crippen molar-refractivity contribution in [3.8, 4) is 0 Å². The SMILES string of the molecule is O=C(O)C(Cl)Cl.O=C(O)CCCCC(=O)O. The number of aliphatic carboxylic acids is 3. The Morgan fingerprint density at radius 3 is 1.25 bits per heavy atom. The molecule has 0 atom stereocenters. The maximum atomic E-state index is 9.90. The summed E-state index contributed by atoms with van der Waals surface area (Å²) in [6.07, 6.45) is 1.02. The highest BCUT2D eigenvalue weighted by atomic mass is 35.5. The van der Waals surface area contributed by atoms with Crippen LogP contribution in [0.2, 0.25) is 0 Å². The molecule has 0 rings (SSSR count). The summed E-state index contributed by atoms with van der Waals surface area (Å²) < 4.78 is 0. The van der Waals surface area contributed by atoms with E-state index in [4.69, 9.17) is 38.5 Å². The van der Waals surface area contributed by atoms with E-state index in [1.54, 1.807) is 0 Å². The van der Waals surface area contributed by atoms with Crippen molar-refractivity contribution in [2.24, 2.45) is 0 Å². The van der Waals surface area contributed by atoms with Crippen molar-refractivity contribution < 1.29 is 29.7 Å². The largest absolute Gasteiger partial charge is 0.481 e. The van der Waals surface area contributed by atoms with E-state index in [1.165, 1.54) is 0 Å². The smallest absolute Gasteiger partial charge is 0.337 e. The molecule has 0 amide bonds. The Morgan fingerprint density at radius 1 is 0.875 bits per heavy atom. The molecule has 16 heavy (non-hydrogen) atoms. The van der Waals surface area contributed by atoms with Crippen LogP contribution < -0.4 is 0 Å². The predicted molar refractivity (Wildman–Crippen MR) is 56.9 cm³/mol. The van der Waals surface area contributed by atoms with Crippen molar-refractivity contribution in [2.75, 3.05) is 0 Å². The molecule has 6 nitrogen and oxygen atoms in total. The van der Waals surface area contributed by atoms with Crippen molar-refractivity contribution in [3.05, 3.63) is 0 Å². The van der Waals surface area contributed by atoms with E-state index >= 15 is 0 Å². The minimum atomic E-state index is -1.29. The molecule has 0 aliphatic rings. The zero-order valence-electron chi connectivity index (χ0n) is 8.23. The normalized spacial score (nSPS) is 9.19. The summed E-state index contributed by atoms with van der Waals surface area (Å²) in [6, 6.07) is 0. The minimum absolute atomic E-state index is 0.0628. The number of carboxylic acid groups (broad SMARTS) is 3.